The van der Waals surface area contributed by atoms with Crippen molar-refractivity contribution in [2.24, 2.45) is 0 Å². The minimum atomic E-state index is -0.797. The van der Waals surface area contributed by atoms with Crippen LogP contribution in [0.3, 0.4) is 0 Å². The molecule has 1 saturated heterocycles. The number of aliphatic hydroxyl groups excluding tert-OH is 1. The van der Waals surface area contributed by atoms with Gasteiger partial charge in [-0.15, -0.1) is 0 Å². The van der Waals surface area contributed by atoms with E-state index >= 15 is 0 Å². The van der Waals surface area contributed by atoms with E-state index in [9.17, 15) is 14.3 Å². The molecule has 1 heterocycles. The molecule has 0 spiro atoms. The molecule has 1 saturated carbocycles. The van der Waals surface area contributed by atoms with Crippen molar-refractivity contribution in [3.8, 4) is 0 Å². The summed E-state index contributed by atoms with van der Waals surface area (Å²) < 4.78 is 13.0. The van der Waals surface area contributed by atoms with Crippen LogP contribution in [0.1, 0.15) is 37.4 Å². The van der Waals surface area contributed by atoms with Crippen LogP contribution >= 0.6 is 0 Å². The molecule has 6 heteroatoms. The zero-order valence-electron chi connectivity index (χ0n) is 14.1. The second kappa shape index (κ2) is 7.49. The number of rotatable bonds is 5. The topological polar surface area (TPSA) is 55.8 Å². The monoisotopic (exact) mass is 335 g/mol. The van der Waals surface area contributed by atoms with E-state index in [0.717, 1.165) is 38.8 Å². The van der Waals surface area contributed by atoms with Gasteiger partial charge in [0.05, 0.1) is 12.6 Å². The highest BCUT2D eigenvalue weighted by Crippen LogP contribution is 2.29. The number of aliphatic hydroxyl groups is 1. The fraction of sp³-hybridized carbons (Fsp3) is 0.611. The number of amides is 2. The quantitative estimate of drug-likeness (QED) is 0.867. The Morgan fingerprint density at radius 2 is 1.92 bits per heavy atom. The Hall–Kier alpha value is -1.66. The number of nitrogens with zero attached hydrogens (tertiary/aromatic N) is 2. The molecule has 1 aromatic carbocycles. The van der Waals surface area contributed by atoms with Gasteiger partial charge >= 0.3 is 6.03 Å². The minimum absolute atomic E-state index is 0.0896. The average Bonchev–Trinajstić information content (AvgIpc) is 3.40. The summed E-state index contributed by atoms with van der Waals surface area (Å²) in [5, 5.41) is 13.5. The van der Waals surface area contributed by atoms with Crippen LogP contribution in [0, 0.1) is 5.82 Å². The highest BCUT2D eigenvalue weighted by Gasteiger charge is 2.35. The summed E-state index contributed by atoms with van der Waals surface area (Å²) in [6.07, 6.45) is 3.09. The number of halogens is 1. The van der Waals surface area contributed by atoms with E-state index in [1.165, 1.54) is 12.1 Å². The van der Waals surface area contributed by atoms with Crippen LogP contribution in [0.2, 0.25) is 0 Å². The first-order chi connectivity index (χ1) is 11.5. The Morgan fingerprint density at radius 1 is 1.29 bits per heavy atom. The van der Waals surface area contributed by atoms with Crippen LogP contribution in [0.15, 0.2) is 24.3 Å². The Balaban J connectivity index is 1.57. The molecule has 1 unspecified atom stereocenters. The van der Waals surface area contributed by atoms with E-state index in [-0.39, 0.29) is 30.5 Å². The number of hydrogen-bond donors (Lipinski definition) is 2. The van der Waals surface area contributed by atoms with Crippen molar-refractivity contribution >= 4 is 6.03 Å². The van der Waals surface area contributed by atoms with E-state index in [1.807, 2.05) is 0 Å². The SMILES string of the molecule is CN1CCC(NC(=O)N(CC(O)c2ccc(F)cc2)C2CC2)CC1. The van der Waals surface area contributed by atoms with E-state index < -0.39 is 6.10 Å². The molecular weight excluding hydrogens is 309 g/mol. The van der Waals surface area contributed by atoms with Crippen molar-refractivity contribution in [3.05, 3.63) is 35.6 Å². The standard InChI is InChI=1S/C18H26FN3O2/c1-21-10-8-15(9-11-21)20-18(24)22(16-6-7-16)12-17(23)13-2-4-14(19)5-3-13/h2-5,15-17,23H,6-12H2,1H3,(H,20,24). The number of piperidine rings is 1. The predicted octanol–water partition coefficient (Wildman–Crippen LogP) is 2.13. The first-order valence-corrected chi connectivity index (χ1v) is 8.72. The van der Waals surface area contributed by atoms with Gasteiger partial charge < -0.3 is 20.2 Å². The van der Waals surface area contributed by atoms with Gasteiger partial charge in [0.15, 0.2) is 0 Å². The van der Waals surface area contributed by atoms with E-state index in [2.05, 4.69) is 17.3 Å². The Labute approximate surface area is 142 Å². The summed E-state index contributed by atoms with van der Waals surface area (Å²) in [5.41, 5.74) is 0.633. The average molecular weight is 335 g/mol. The zero-order chi connectivity index (χ0) is 17.1. The first-order valence-electron chi connectivity index (χ1n) is 8.72. The largest absolute Gasteiger partial charge is 0.387 e. The van der Waals surface area contributed by atoms with E-state index in [0.29, 0.717) is 5.56 Å². The van der Waals surface area contributed by atoms with Gasteiger partial charge in [0.2, 0.25) is 0 Å². The van der Waals surface area contributed by atoms with Gasteiger partial charge in [-0.3, -0.25) is 0 Å². The molecule has 1 aliphatic carbocycles. The van der Waals surface area contributed by atoms with Gasteiger partial charge in [-0.1, -0.05) is 12.1 Å². The number of urea groups is 1. The zero-order valence-corrected chi connectivity index (χ0v) is 14.1. The molecule has 5 nitrogen and oxygen atoms in total. The van der Waals surface area contributed by atoms with Gasteiger partial charge in [-0.05, 0) is 63.5 Å². The molecule has 0 radical (unpaired) electrons. The molecule has 2 aliphatic rings. The maximum atomic E-state index is 13.0. The normalized spacial score (nSPS) is 20.6. The van der Waals surface area contributed by atoms with Crippen molar-refractivity contribution in [1.29, 1.82) is 0 Å². The van der Waals surface area contributed by atoms with Crippen molar-refractivity contribution in [1.82, 2.24) is 15.1 Å². The minimum Gasteiger partial charge on any atom is -0.387 e. The Morgan fingerprint density at radius 3 is 2.50 bits per heavy atom. The molecule has 3 rings (SSSR count). The van der Waals surface area contributed by atoms with Crippen LogP contribution < -0.4 is 5.32 Å². The third-order valence-corrected chi connectivity index (χ3v) is 4.92. The van der Waals surface area contributed by atoms with Crippen molar-refractivity contribution < 1.29 is 14.3 Å². The van der Waals surface area contributed by atoms with Crippen LogP contribution in [0.5, 0.6) is 0 Å². The third-order valence-electron chi connectivity index (χ3n) is 4.92. The van der Waals surface area contributed by atoms with Crippen LogP contribution in [0.4, 0.5) is 9.18 Å². The second-order valence-electron chi connectivity index (χ2n) is 6.98. The smallest absolute Gasteiger partial charge is 0.317 e. The second-order valence-corrected chi connectivity index (χ2v) is 6.98. The molecule has 1 aliphatic heterocycles. The molecule has 0 bridgehead atoms. The summed E-state index contributed by atoms with van der Waals surface area (Å²) in [5.74, 6) is -0.329. The molecule has 2 amide bonds. The highest BCUT2D eigenvalue weighted by atomic mass is 19.1. The lowest BCUT2D eigenvalue weighted by Gasteiger charge is -2.32. The number of hydrogen-bond acceptors (Lipinski definition) is 3. The molecule has 24 heavy (non-hydrogen) atoms. The van der Waals surface area contributed by atoms with Crippen molar-refractivity contribution in [2.45, 2.75) is 43.9 Å². The molecule has 2 N–H and O–H groups in total. The molecule has 1 atom stereocenters. The van der Waals surface area contributed by atoms with Gasteiger partial charge in [0.1, 0.15) is 5.82 Å². The first kappa shape index (κ1) is 17.2. The summed E-state index contributed by atoms with van der Waals surface area (Å²) in [6, 6.07) is 6.13. The number of carbonyl (C=O) groups is 1. The molecule has 1 aromatic rings. The van der Waals surface area contributed by atoms with Crippen molar-refractivity contribution in [2.75, 3.05) is 26.7 Å². The highest BCUT2D eigenvalue weighted by molar-refractivity contribution is 5.75. The van der Waals surface area contributed by atoms with Gasteiger partial charge in [0.25, 0.3) is 0 Å². The van der Waals surface area contributed by atoms with Gasteiger partial charge in [-0.25, -0.2) is 9.18 Å². The number of likely N-dealkylation sites (tertiary alicyclic amines) is 1. The summed E-state index contributed by atoms with van der Waals surface area (Å²) >= 11 is 0. The lowest BCUT2D eigenvalue weighted by atomic mass is 10.1. The summed E-state index contributed by atoms with van der Waals surface area (Å²) in [4.78, 5) is 16.6. The van der Waals surface area contributed by atoms with Crippen LogP contribution in [-0.2, 0) is 0 Å². The van der Waals surface area contributed by atoms with Crippen LogP contribution in [0.25, 0.3) is 0 Å². The number of benzene rings is 1. The lowest BCUT2D eigenvalue weighted by Crippen LogP contribution is -2.50. The Bertz CT molecular complexity index is 554. The fourth-order valence-corrected chi connectivity index (χ4v) is 3.17. The van der Waals surface area contributed by atoms with Gasteiger partial charge in [-0.2, -0.15) is 0 Å². The lowest BCUT2D eigenvalue weighted by molar-refractivity contribution is 0.114. The molecule has 0 aromatic heterocycles. The van der Waals surface area contributed by atoms with E-state index in [4.69, 9.17) is 0 Å². The molecule has 2 fully saturated rings. The Kier molecular flexibility index (Phi) is 5.36. The maximum Gasteiger partial charge on any atom is 0.317 e. The fourth-order valence-electron chi connectivity index (χ4n) is 3.17. The molecule has 132 valence electrons. The van der Waals surface area contributed by atoms with Crippen molar-refractivity contribution in [3.63, 3.8) is 0 Å². The van der Waals surface area contributed by atoms with Gasteiger partial charge in [0, 0.05) is 12.1 Å². The maximum absolute atomic E-state index is 13.0. The number of nitrogens with one attached hydrogen (secondary N) is 1. The predicted molar refractivity (Wildman–Crippen MR) is 90.1 cm³/mol. The van der Waals surface area contributed by atoms with Crippen LogP contribution in [-0.4, -0.2) is 59.7 Å². The number of carbonyl (C=O) groups excluding carboxylic acids is 1. The third kappa shape index (κ3) is 4.45. The van der Waals surface area contributed by atoms with E-state index in [1.54, 1.807) is 17.0 Å². The molecular formula is C18H26FN3O2. The summed E-state index contributed by atoms with van der Waals surface area (Å²) in [7, 11) is 2.09. The summed E-state index contributed by atoms with van der Waals surface area (Å²) in [6.45, 7) is 2.23.